The van der Waals surface area contributed by atoms with Gasteiger partial charge in [0.15, 0.2) is 0 Å². The molecule has 0 atom stereocenters. The van der Waals surface area contributed by atoms with Crippen LogP contribution in [0.25, 0.3) is 0 Å². The van der Waals surface area contributed by atoms with Gasteiger partial charge in [0, 0.05) is 12.4 Å². The van der Waals surface area contributed by atoms with E-state index in [1.807, 2.05) is 23.1 Å². The van der Waals surface area contributed by atoms with Gasteiger partial charge in [0.05, 0.1) is 5.54 Å². The number of hydrogen-bond acceptors (Lipinski definition) is 1. The summed E-state index contributed by atoms with van der Waals surface area (Å²) >= 11 is 0. The largest absolute Gasteiger partial charge is 0.267 e. The zero-order valence-corrected chi connectivity index (χ0v) is 7.70. The van der Waals surface area contributed by atoms with Crippen molar-refractivity contribution in [1.29, 1.82) is 0 Å². The van der Waals surface area contributed by atoms with Crippen LogP contribution in [-0.4, -0.2) is 9.78 Å². The highest BCUT2D eigenvalue weighted by molar-refractivity contribution is 4.87. The lowest BCUT2D eigenvalue weighted by atomic mass is 9.91. The van der Waals surface area contributed by atoms with Crippen molar-refractivity contribution in [3.8, 4) is 0 Å². The van der Waals surface area contributed by atoms with Gasteiger partial charge >= 0.3 is 0 Å². The lowest BCUT2D eigenvalue weighted by Crippen LogP contribution is -2.32. The van der Waals surface area contributed by atoms with E-state index in [-0.39, 0.29) is 5.54 Å². The summed E-state index contributed by atoms with van der Waals surface area (Å²) in [7, 11) is 0. The molecule has 0 aliphatic carbocycles. The molecule has 0 fully saturated rings. The van der Waals surface area contributed by atoms with Gasteiger partial charge in [-0.2, -0.15) is 5.10 Å². The molecule has 1 rings (SSSR count). The lowest BCUT2D eigenvalue weighted by Gasteiger charge is -2.29. The molecule has 0 unspecified atom stereocenters. The van der Waals surface area contributed by atoms with E-state index in [9.17, 15) is 0 Å². The summed E-state index contributed by atoms with van der Waals surface area (Å²) in [6.07, 6.45) is 3.84. The van der Waals surface area contributed by atoms with E-state index in [1.165, 1.54) is 0 Å². The van der Waals surface area contributed by atoms with Gasteiger partial charge in [-0.1, -0.05) is 13.8 Å². The summed E-state index contributed by atoms with van der Waals surface area (Å²) in [6.45, 7) is 8.82. The standard InChI is InChI=1S/C9H16N2/c1-8(2)9(3,4)11-7-5-6-10-11/h5-8H,1-4H3. The summed E-state index contributed by atoms with van der Waals surface area (Å²) in [5.41, 5.74) is 0.128. The van der Waals surface area contributed by atoms with E-state index < -0.39 is 0 Å². The van der Waals surface area contributed by atoms with Gasteiger partial charge in [-0.15, -0.1) is 0 Å². The van der Waals surface area contributed by atoms with E-state index in [0.717, 1.165) is 0 Å². The van der Waals surface area contributed by atoms with Crippen LogP contribution in [0.5, 0.6) is 0 Å². The zero-order chi connectivity index (χ0) is 8.48. The second-order valence-corrected chi connectivity index (χ2v) is 3.76. The van der Waals surface area contributed by atoms with Crippen LogP contribution >= 0.6 is 0 Å². The van der Waals surface area contributed by atoms with E-state index in [1.54, 1.807) is 0 Å². The number of hydrogen-bond donors (Lipinski definition) is 0. The molecule has 0 spiro atoms. The quantitative estimate of drug-likeness (QED) is 0.635. The summed E-state index contributed by atoms with van der Waals surface area (Å²) in [5, 5.41) is 4.23. The molecule has 11 heavy (non-hydrogen) atoms. The minimum atomic E-state index is 0.128. The summed E-state index contributed by atoms with van der Waals surface area (Å²) in [6, 6.07) is 1.96. The average molecular weight is 152 g/mol. The Morgan fingerprint density at radius 3 is 2.36 bits per heavy atom. The third kappa shape index (κ3) is 1.44. The summed E-state index contributed by atoms with van der Waals surface area (Å²) in [4.78, 5) is 0. The third-order valence-electron chi connectivity index (χ3n) is 2.51. The molecule has 2 heteroatoms. The molecule has 0 amide bonds. The van der Waals surface area contributed by atoms with Crippen LogP contribution in [-0.2, 0) is 5.54 Å². The number of rotatable bonds is 2. The van der Waals surface area contributed by atoms with Gasteiger partial charge in [0.2, 0.25) is 0 Å². The van der Waals surface area contributed by atoms with Gasteiger partial charge in [-0.3, -0.25) is 4.68 Å². The van der Waals surface area contributed by atoms with Crippen molar-refractivity contribution >= 4 is 0 Å². The lowest BCUT2D eigenvalue weighted by molar-refractivity contribution is 0.225. The molecule has 0 aromatic carbocycles. The highest BCUT2D eigenvalue weighted by Crippen LogP contribution is 2.23. The molecule has 0 saturated carbocycles. The molecule has 1 aromatic heterocycles. The van der Waals surface area contributed by atoms with Crippen LogP contribution in [0.3, 0.4) is 0 Å². The Morgan fingerprint density at radius 1 is 1.36 bits per heavy atom. The maximum Gasteiger partial charge on any atom is 0.0594 e. The fraction of sp³-hybridized carbons (Fsp3) is 0.667. The fourth-order valence-electron chi connectivity index (χ4n) is 0.874. The van der Waals surface area contributed by atoms with Gasteiger partial charge in [-0.25, -0.2) is 0 Å². The van der Waals surface area contributed by atoms with Crippen molar-refractivity contribution < 1.29 is 0 Å². The van der Waals surface area contributed by atoms with Crippen molar-refractivity contribution in [1.82, 2.24) is 9.78 Å². The topological polar surface area (TPSA) is 17.8 Å². The van der Waals surface area contributed by atoms with Crippen LogP contribution in [0.1, 0.15) is 27.7 Å². The molecule has 0 bridgehead atoms. The van der Waals surface area contributed by atoms with Crippen molar-refractivity contribution in [2.75, 3.05) is 0 Å². The Hall–Kier alpha value is -0.790. The SMILES string of the molecule is CC(C)C(C)(C)n1cccn1. The van der Waals surface area contributed by atoms with E-state index in [4.69, 9.17) is 0 Å². The molecule has 0 aliphatic heterocycles. The second kappa shape index (κ2) is 2.68. The Morgan fingerprint density at radius 2 is 2.00 bits per heavy atom. The maximum atomic E-state index is 4.23. The second-order valence-electron chi connectivity index (χ2n) is 3.76. The summed E-state index contributed by atoms with van der Waals surface area (Å²) < 4.78 is 2.01. The first-order valence-corrected chi connectivity index (χ1v) is 4.05. The fourth-order valence-corrected chi connectivity index (χ4v) is 0.874. The molecule has 1 aromatic rings. The predicted molar refractivity (Wildman–Crippen MR) is 46.4 cm³/mol. The first-order chi connectivity index (χ1) is 5.05. The molecule has 0 aliphatic rings. The molecule has 0 N–H and O–H groups in total. The normalized spacial score (nSPS) is 12.5. The third-order valence-corrected chi connectivity index (χ3v) is 2.51. The van der Waals surface area contributed by atoms with Crippen LogP contribution in [0.15, 0.2) is 18.5 Å². The van der Waals surface area contributed by atoms with Crippen LogP contribution in [0.4, 0.5) is 0 Å². The van der Waals surface area contributed by atoms with Crippen LogP contribution in [0.2, 0.25) is 0 Å². The van der Waals surface area contributed by atoms with Crippen LogP contribution < -0.4 is 0 Å². The highest BCUT2D eigenvalue weighted by atomic mass is 15.3. The Labute approximate surface area is 68.2 Å². The van der Waals surface area contributed by atoms with Crippen molar-refractivity contribution in [2.24, 2.45) is 5.92 Å². The first-order valence-electron chi connectivity index (χ1n) is 4.05. The molecule has 0 saturated heterocycles. The van der Waals surface area contributed by atoms with Gasteiger partial charge in [-0.05, 0) is 25.8 Å². The molecule has 1 heterocycles. The van der Waals surface area contributed by atoms with Crippen molar-refractivity contribution in [3.05, 3.63) is 18.5 Å². The Bertz CT molecular complexity index is 209. The average Bonchev–Trinajstić information content (AvgIpc) is 2.37. The van der Waals surface area contributed by atoms with Crippen molar-refractivity contribution in [2.45, 2.75) is 33.2 Å². The molecule has 62 valence electrons. The van der Waals surface area contributed by atoms with E-state index in [0.29, 0.717) is 5.92 Å². The van der Waals surface area contributed by atoms with Crippen LogP contribution in [0, 0.1) is 5.92 Å². The number of aromatic nitrogens is 2. The van der Waals surface area contributed by atoms with E-state index in [2.05, 4.69) is 32.8 Å². The first kappa shape index (κ1) is 8.31. The number of nitrogens with zero attached hydrogens (tertiary/aromatic N) is 2. The van der Waals surface area contributed by atoms with Crippen molar-refractivity contribution in [3.63, 3.8) is 0 Å². The summed E-state index contributed by atoms with van der Waals surface area (Å²) in [5.74, 6) is 0.599. The Balaban J connectivity index is 2.90. The molecular weight excluding hydrogens is 136 g/mol. The smallest absolute Gasteiger partial charge is 0.0594 e. The van der Waals surface area contributed by atoms with Gasteiger partial charge in [0.1, 0.15) is 0 Å². The maximum absolute atomic E-state index is 4.23. The minimum absolute atomic E-state index is 0.128. The minimum Gasteiger partial charge on any atom is -0.267 e. The van der Waals surface area contributed by atoms with E-state index >= 15 is 0 Å². The monoisotopic (exact) mass is 152 g/mol. The molecule has 0 radical (unpaired) electrons. The zero-order valence-electron chi connectivity index (χ0n) is 7.70. The Kier molecular flexibility index (Phi) is 2.03. The molecular formula is C9H16N2. The molecule has 2 nitrogen and oxygen atoms in total. The van der Waals surface area contributed by atoms with Gasteiger partial charge < -0.3 is 0 Å². The van der Waals surface area contributed by atoms with Gasteiger partial charge in [0.25, 0.3) is 0 Å². The highest BCUT2D eigenvalue weighted by Gasteiger charge is 2.24. The predicted octanol–water partition coefficient (Wildman–Crippen LogP) is 2.27.